The van der Waals surface area contributed by atoms with Gasteiger partial charge in [-0.05, 0) is 44.5 Å². The number of esters is 1. The van der Waals surface area contributed by atoms with Gasteiger partial charge in [-0.2, -0.15) is 0 Å². The minimum atomic E-state index is -1.18. The first kappa shape index (κ1) is 18.1. The average molecular weight is 355 g/mol. The number of rotatable bonds is 4. The second-order valence-electron chi connectivity index (χ2n) is 7.41. The average Bonchev–Trinajstić information content (AvgIpc) is 3.00. The van der Waals surface area contributed by atoms with Crippen LogP contribution in [-0.2, 0) is 20.7 Å². The van der Waals surface area contributed by atoms with Crippen LogP contribution in [0.1, 0.15) is 31.9 Å². The fourth-order valence-corrected chi connectivity index (χ4v) is 2.79. The summed E-state index contributed by atoms with van der Waals surface area (Å²) < 4.78 is 24.8. The summed E-state index contributed by atoms with van der Waals surface area (Å²) in [4.78, 5) is 17.5. The smallest absolute Gasteiger partial charge is 0.338 e. The van der Waals surface area contributed by atoms with Crippen LogP contribution in [0.3, 0.4) is 0 Å². The van der Waals surface area contributed by atoms with Crippen molar-refractivity contribution in [3.63, 3.8) is 0 Å². The molecule has 0 bridgehead atoms. The number of halogens is 1. The molecule has 0 aromatic heterocycles. The van der Waals surface area contributed by atoms with Gasteiger partial charge in [0.25, 0.3) is 0 Å². The third kappa shape index (κ3) is 4.10. The van der Waals surface area contributed by atoms with Gasteiger partial charge in [0.05, 0.1) is 0 Å². The van der Waals surface area contributed by atoms with Crippen LogP contribution in [0.15, 0.2) is 59.6 Å². The van der Waals surface area contributed by atoms with E-state index in [-0.39, 0.29) is 18.3 Å². The zero-order valence-corrected chi connectivity index (χ0v) is 15.2. The van der Waals surface area contributed by atoms with Gasteiger partial charge in [-0.25, -0.2) is 14.2 Å². The second kappa shape index (κ2) is 6.90. The summed E-state index contributed by atoms with van der Waals surface area (Å²) in [6, 6.07) is 15.6. The van der Waals surface area contributed by atoms with Crippen molar-refractivity contribution in [2.75, 3.05) is 6.61 Å². The molecule has 3 rings (SSSR count). The molecule has 1 heterocycles. The lowest BCUT2D eigenvalue weighted by atomic mass is 9.92. The number of nitrogens with zero attached hydrogens (tertiary/aromatic N) is 1. The maximum atomic E-state index is 13.5. The van der Waals surface area contributed by atoms with Gasteiger partial charge in [-0.15, -0.1) is 0 Å². The summed E-state index contributed by atoms with van der Waals surface area (Å²) in [6.07, 6.45) is 0.349. The van der Waals surface area contributed by atoms with E-state index < -0.39 is 17.1 Å². The molecule has 0 N–H and O–H groups in total. The van der Waals surface area contributed by atoms with Crippen LogP contribution in [0, 0.1) is 5.82 Å². The van der Waals surface area contributed by atoms with E-state index in [4.69, 9.17) is 9.47 Å². The third-order valence-electron chi connectivity index (χ3n) is 3.95. The molecular weight excluding hydrogens is 333 g/mol. The normalized spacial score (nSPS) is 19.6. The van der Waals surface area contributed by atoms with Gasteiger partial charge in [0.1, 0.15) is 18.0 Å². The van der Waals surface area contributed by atoms with Gasteiger partial charge in [-0.1, -0.05) is 36.4 Å². The van der Waals surface area contributed by atoms with Crippen molar-refractivity contribution >= 4 is 11.9 Å². The van der Waals surface area contributed by atoms with Crippen molar-refractivity contribution in [2.24, 2.45) is 4.99 Å². The fraction of sp³-hybridized carbons (Fsp3) is 0.333. The van der Waals surface area contributed by atoms with Gasteiger partial charge < -0.3 is 9.47 Å². The highest BCUT2D eigenvalue weighted by molar-refractivity contribution is 5.99. The number of hydrogen-bond acceptors (Lipinski definition) is 4. The molecule has 0 spiro atoms. The molecule has 0 radical (unpaired) electrons. The first-order valence-corrected chi connectivity index (χ1v) is 8.53. The first-order valence-electron chi connectivity index (χ1n) is 8.53. The monoisotopic (exact) mass is 355 g/mol. The third-order valence-corrected chi connectivity index (χ3v) is 3.95. The molecule has 1 aliphatic rings. The maximum absolute atomic E-state index is 13.5. The van der Waals surface area contributed by atoms with Crippen LogP contribution >= 0.6 is 0 Å². The minimum absolute atomic E-state index is 0.0582. The van der Waals surface area contributed by atoms with Crippen LogP contribution in [0.4, 0.5) is 4.39 Å². The van der Waals surface area contributed by atoms with Crippen molar-refractivity contribution in [3.8, 4) is 0 Å². The Hall–Kier alpha value is -2.69. The van der Waals surface area contributed by atoms with Crippen molar-refractivity contribution < 1.29 is 18.7 Å². The quantitative estimate of drug-likeness (QED) is 0.781. The highest BCUT2D eigenvalue weighted by atomic mass is 19.1. The van der Waals surface area contributed by atoms with Crippen LogP contribution in [0.2, 0.25) is 0 Å². The van der Waals surface area contributed by atoms with Crippen molar-refractivity contribution in [2.45, 2.75) is 38.3 Å². The lowest BCUT2D eigenvalue weighted by molar-refractivity contribution is -0.162. The summed E-state index contributed by atoms with van der Waals surface area (Å²) in [7, 11) is 0. The lowest BCUT2D eigenvalue weighted by Gasteiger charge is -2.28. The molecule has 26 heavy (non-hydrogen) atoms. The van der Waals surface area contributed by atoms with Gasteiger partial charge in [0, 0.05) is 12.0 Å². The summed E-state index contributed by atoms with van der Waals surface area (Å²) in [6.45, 7) is 5.50. The topological polar surface area (TPSA) is 47.9 Å². The van der Waals surface area contributed by atoms with Crippen LogP contribution in [0.5, 0.6) is 0 Å². The molecule has 1 atom stereocenters. The largest absolute Gasteiger partial charge is 0.474 e. The highest BCUT2D eigenvalue weighted by Gasteiger charge is 2.47. The molecule has 0 saturated heterocycles. The Morgan fingerprint density at radius 2 is 1.92 bits per heavy atom. The Morgan fingerprint density at radius 3 is 2.58 bits per heavy atom. The lowest BCUT2D eigenvalue weighted by Crippen LogP contribution is -2.45. The predicted molar refractivity (Wildman–Crippen MR) is 97.6 cm³/mol. The Morgan fingerprint density at radius 1 is 1.19 bits per heavy atom. The molecule has 0 unspecified atom stereocenters. The maximum Gasteiger partial charge on any atom is 0.338 e. The van der Waals surface area contributed by atoms with E-state index in [2.05, 4.69) is 4.99 Å². The Kier molecular flexibility index (Phi) is 4.81. The van der Waals surface area contributed by atoms with Crippen molar-refractivity contribution in [1.29, 1.82) is 0 Å². The summed E-state index contributed by atoms with van der Waals surface area (Å²) in [5, 5.41) is 0. The Bertz CT molecular complexity index is 827. The number of ether oxygens (including phenoxy) is 2. The van der Waals surface area contributed by atoms with E-state index in [0.29, 0.717) is 12.0 Å². The van der Waals surface area contributed by atoms with Gasteiger partial charge >= 0.3 is 5.97 Å². The molecule has 0 saturated carbocycles. The molecule has 0 amide bonds. The Balaban J connectivity index is 1.97. The van der Waals surface area contributed by atoms with Gasteiger partial charge in [-0.3, -0.25) is 0 Å². The number of carbonyl (C=O) groups excluding carboxylic acids is 1. The standard InChI is InChI=1S/C21H22FNO3/c1-20(2,3)26-19(24)21(13-15-8-5-4-6-9-15)14-25-18(23-21)16-10-7-11-17(22)12-16/h4-12H,13-14H2,1-3H3/t21-/m1/s1. The SMILES string of the molecule is CC(C)(C)OC(=O)[C@@]1(Cc2ccccc2)COC(c2cccc(F)c2)=N1. The molecule has 2 aromatic rings. The molecule has 0 fully saturated rings. The van der Waals surface area contributed by atoms with Crippen LogP contribution < -0.4 is 0 Å². The van der Waals surface area contributed by atoms with Crippen LogP contribution in [-0.4, -0.2) is 29.6 Å². The number of hydrogen-bond donors (Lipinski definition) is 0. The van der Waals surface area contributed by atoms with E-state index in [1.807, 2.05) is 51.1 Å². The predicted octanol–water partition coefficient (Wildman–Crippen LogP) is 3.93. The van der Waals surface area contributed by atoms with Gasteiger partial charge in [0.15, 0.2) is 5.54 Å². The highest BCUT2D eigenvalue weighted by Crippen LogP contribution is 2.29. The number of carbonyl (C=O) groups is 1. The van der Waals surface area contributed by atoms with E-state index in [9.17, 15) is 9.18 Å². The molecule has 5 heteroatoms. The number of aliphatic imine (C=N–C) groups is 1. The van der Waals surface area contributed by atoms with Crippen molar-refractivity contribution in [3.05, 3.63) is 71.5 Å². The first-order chi connectivity index (χ1) is 12.3. The van der Waals surface area contributed by atoms with E-state index in [1.165, 1.54) is 12.1 Å². The molecule has 1 aliphatic heterocycles. The van der Waals surface area contributed by atoms with Gasteiger partial charge in [0.2, 0.25) is 5.90 Å². The summed E-state index contributed by atoms with van der Waals surface area (Å²) in [5.74, 6) is -0.571. The Labute approximate surface area is 152 Å². The van der Waals surface area contributed by atoms with E-state index in [1.54, 1.807) is 12.1 Å². The van der Waals surface area contributed by atoms with Crippen molar-refractivity contribution in [1.82, 2.24) is 0 Å². The molecule has 0 aliphatic carbocycles. The van der Waals surface area contributed by atoms with E-state index >= 15 is 0 Å². The molecule has 4 nitrogen and oxygen atoms in total. The zero-order chi connectivity index (χ0) is 18.8. The second-order valence-corrected chi connectivity index (χ2v) is 7.41. The molecular formula is C21H22FNO3. The molecule has 2 aromatic carbocycles. The zero-order valence-electron chi connectivity index (χ0n) is 15.2. The summed E-state index contributed by atoms with van der Waals surface area (Å²) >= 11 is 0. The summed E-state index contributed by atoms with van der Waals surface area (Å²) in [5.41, 5.74) is -0.372. The fourth-order valence-electron chi connectivity index (χ4n) is 2.79. The minimum Gasteiger partial charge on any atom is -0.474 e. The molecule has 136 valence electrons. The number of benzene rings is 2. The van der Waals surface area contributed by atoms with E-state index in [0.717, 1.165) is 5.56 Å². The van der Waals surface area contributed by atoms with Crippen LogP contribution in [0.25, 0.3) is 0 Å².